The van der Waals surface area contributed by atoms with E-state index in [9.17, 15) is 0 Å². The van der Waals surface area contributed by atoms with Crippen LogP contribution in [0.5, 0.6) is 0 Å². The number of guanidine groups is 1. The summed E-state index contributed by atoms with van der Waals surface area (Å²) in [4.78, 5) is 10.9. The van der Waals surface area contributed by atoms with Gasteiger partial charge in [-0.15, -0.1) is 0 Å². The molecule has 0 radical (unpaired) electrons. The summed E-state index contributed by atoms with van der Waals surface area (Å²) in [7, 11) is 0. The lowest BCUT2D eigenvalue weighted by Crippen LogP contribution is -2.35. The summed E-state index contributed by atoms with van der Waals surface area (Å²) in [5.41, 5.74) is 7.98. The largest absolute Gasteiger partial charge is 0.370 e. The molecule has 0 saturated heterocycles. The Morgan fingerprint density at radius 1 is 1.42 bits per heavy atom. The number of hydrogen-bond acceptors (Lipinski definition) is 4. The maximum Gasteiger partial charge on any atom is 0.191 e. The van der Waals surface area contributed by atoms with Gasteiger partial charge in [-0.3, -0.25) is 9.98 Å². The van der Waals surface area contributed by atoms with E-state index in [0.29, 0.717) is 12.5 Å². The van der Waals surface area contributed by atoms with Crippen LogP contribution in [0.2, 0.25) is 5.02 Å². The number of hydrogen-bond donors (Lipinski definition) is 1. The summed E-state index contributed by atoms with van der Waals surface area (Å²) >= 11 is 6.23. The molecule has 2 heterocycles. The number of nitrogens with zero attached hydrogens (tertiary/aromatic N) is 3. The molecule has 1 aromatic heterocycles. The van der Waals surface area contributed by atoms with Gasteiger partial charge >= 0.3 is 0 Å². The third-order valence-electron chi connectivity index (χ3n) is 3.54. The van der Waals surface area contributed by atoms with Crippen molar-refractivity contribution in [2.75, 3.05) is 13.1 Å². The van der Waals surface area contributed by atoms with Crippen LogP contribution >= 0.6 is 11.6 Å². The Balaban J connectivity index is 2.14. The Morgan fingerprint density at radius 2 is 2.26 bits per heavy atom. The molecule has 0 spiro atoms. The van der Waals surface area contributed by atoms with Gasteiger partial charge in [-0.2, -0.15) is 0 Å². The molecule has 5 heteroatoms. The standard InChI is InChI=1S/C14H15ClN4/c1-2-19-12(8-18-14(19)16)10-5-6-11(15)9-4-3-7-17-13(9)10/h3-7,12H,2,8H2,1H3,(H2,16,18). The van der Waals surface area contributed by atoms with Crippen molar-refractivity contribution < 1.29 is 0 Å². The molecule has 3 rings (SSSR count). The number of pyridine rings is 1. The maximum absolute atomic E-state index is 6.23. The Bertz CT molecular complexity index is 653. The van der Waals surface area contributed by atoms with E-state index in [2.05, 4.69) is 21.8 Å². The van der Waals surface area contributed by atoms with Crippen LogP contribution in [0.1, 0.15) is 18.5 Å². The number of fused-ring (bicyclic) bond motifs is 1. The van der Waals surface area contributed by atoms with E-state index in [0.717, 1.165) is 28.0 Å². The van der Waals surface area contributed by atoms with Crippen molar-refractivity contribution in [2.24, 2.45) is 10.7 Å². The predicted molar refractivity (Wildman–Crippen MR) is 78.4 cm³/mol. The predicted octanol–water partition coefficient (Wildman–Crippen LogP) is 2.58. The minimum atomic E-state index is 0.152. The minimum Gasteiger partial charge on any atom is -0.370 e. The number of benzene rings is 1. The zero-order chi connectivity index (χ0) is 13.4. The summed E-state index contributed by atoms with van der Waals surface area (Å²) in [6.07, 6.45) is 1.79. The Kier molecular flexibility index (Phi) is 3.03. The summed E-state index contributed by atoms with van der Waals surface area (Å²) in [6, 6.07) is 7.99. The van der Waals surface area contributed by atoms with Crippen LogP contribution in [0.3, 0.4) is 0 Å². The van der Waals surface area contributed by atoms with E-state index < -0.39 is 0 Å². The lowest BCUT2D eigenvalue weighted by Gasteiger charge is -2.25. The fraction of sp³-hybridized carbons (Fsp3) is 0.286. The first-order valence-corrected chi connectivity index (χ1v) is 6.70. The molecule has 1 aromatic carbocycles. The van der Waals surface area contributed by atoms with Gasteiger partial charge in [-0.25, -0.2) is 0 Å². The van der Waals surface area contributed by atoms with E-state index in [-0.39, 0.29) is 6.04 Å². The van der Waals surface area contributed by atoms with Crippen LogP contribution in [0.15, 0.2) is 35.5 Å². The molecule has 2 aromatic rings. The molecule has 0 aliphatic carbocycles. The lowest BCUT2D eigenvalue weighted by molar-refractivity contribution is 0.366. The maximum atomic E-state index is 6.23. The molecular formula is C14H15ClN4. The van der Waals surface area contributed by atoms with Crippen molar-refractivity contribution >= 4 is 28.5 Å². The van der Waals surface area contributed by atoms with Gasteiger partial charge in [-0.1, -0.05) is 17.7 Å². The van der Waals surface area contributed by atoms with E-state index >= 15 is 0 Å². The highest BCUT2D eigenvalue weighted by Gasteiger charge is 2.28. The number of nitrogens with two attached hydrogens (primary N) is 1. The first kappa shape index (κ1) is 12.2. The summed E-state index contributed by atoms with van der Waals surface area (Å²) in [6.45, 7) is 3.58. The van der Waals surface area contributed by atoms with Crippen LogP contribution < -0.4 is 5.73 Å². The van der Waals surface area contributed by atoms with Gasteiger partial charge in [0.2, 0.25) is 0 Å². The van der Waals surface area contributed by atoms with Gasteiger partial charge in [-0.05, 0) is 25.1 Å². The first-order valence-electron chi connectivity index (χ1n) is 6.32. The smallest absolute Gasteiger partial charge is 0.191 e. The van der Waals surface area contributed by atoms with Gasteiger partial charge < -0.3 is 10.6 Å². The zero-order valence-electron chi connectivity index (χ0n) is 10.7. The van der Waals surface area contributed by atoms with Gasteiger partial charge in [0.15, 0.2) is 5.96 Å². The monoisotopic (exact) mass is 274 g/mol. The van der Waals surface area contributed by atoms with Crippen LogP contribution in [-0.4, -0.2) is 28.9 Å². The lowest BCUT2D eigenvalue weighted by atomic mass is 10.0. The summed E-state index contributed by atoms with van der Waals surface area (Å²) in [5.74, 6) is 0.603. The molecule has 98 valence electrons. The molecule has 0 fully saturated rings. The number of halogens is 1. The Labute approximate surface area is 116 Å². The minimum absolute atomic E-state index is 0.152. The Morgan fingerprint density at radius 3 is 3.05 bits per heavy atom. The van der Waals surface area contributed by atoms with Crippen molar-refractivity contribution in [1.82, 2.24) is 9.88 Å². The van der Waals surface area contributed by atoms with E-state index in [1.165, 1.54) is 0 Å². The fourth-order valence-corrected chi connectivity index (χ4v) is 2.82. The van der Waals surface area contributed by atoms with Gasteiger partial charge in [0.25, 0.3) is 0 Å². The van der Waals surface area contributed by atoms with Crippen LogP contribution in [0.4, 0.5) is 0 Å². The molecule has 1 unspecified atom stereocenters. The quantitative estimate of drug-likeness (QED) is 0.916. The highest BCUT2D eigenvalue weighted by molar-refractivity contribution is 6.35. The number of aliphatic imine (C=N–C) groups is 1. The molecule has 2 N–H and O–H groups in total. The highest BCUT2D eigenvalue weighted by Crippen LogP contribution is 2.33. The SMILES string of the molecule is CCN1C(N)=NCC1c1ccc(Cl)c2cccnc12. The summed E-state index contributed by atoms with van der Waals surface area (Å²) < 4.78 is 0. The normalized spacial score (nSPS) is 18.9. The average molecular weight is 275 g/mol. The molecule has 1 atom stereocenters. The molecule has 0 amide bonds. The van der Waals surface area contributed by atoms with Crippen molar-refractivity contribution in [1.29, 1.82) is 0 Å². The third kappa shape index (κ3) is 1.92. The van der Waals surface area contributed by atoms with Crippen molar-refractivity contribution in [2.45, 2.75) is 13.0 Å². The number of likely N-dealkylation sites (N-methyl/N-ethyl adjacent to an activating group) is 1. The van der Waals surface area contributed by atoms with Crippen LogP contribution in [0, 0.1) is 0 Å². The topological polar surface area (TPSA) is 54.5 Å². The second-order valence-corrected chi connectivity index (χ2v) is 4.94. The van der Waals surface area contributed by atoms with Gasteiger partial charge in [0.1, 0.15) is 0 Å². The van der Waals surface area contributed by atoms with Crippen LogP contribution in [0.25, 0.3) is 10.9 Å². The second kappa shape index (κ2) is 4.70. The molecule has 1 aliphatic rings. The van der Waals surface area contributed by atoms with E-state index in [4.69, 9.17) is 17.3 Å². The van der Waals surface area contributed by atoms with Crippen LogP contribution in [-0.2, 0) is 0 Å². The first-order chi connectivity index (χ1) is 9.22. The molecule has 0 saturated carbocycles. The number of aromatic nitrogens is 1. The average Bonchev–Trinajstić information content (AvgIpc) is 2.80. The third-order valence-corrected chi connectivity index (χ3v) is 3.87. The van der Waals surface area contributed by atoms with Crippen molar-refractivity contribution in [3.8, 4) is 0 Å². The zero-order valence-corrected chi connectivity index (χ0v) is 11.4. The van der Waals surface area contributed by atoms with E-state index in [1.54, 1.807) is 6.20 Å². The van der Waals surface area contributed by atoms with Gasteiger partial charge in [0.05, 0.1) is 18.1 Å². The highest BCUT2D eigenvalue weighted by atomic mass is 35.5. The van der Waals surface area contributed by atoms with E-state index in [1.807, 2.05) is 24.3 Å². The summed E-state index contributed by atoms with van der Waals surface area (Å²) in [5, 5.41) is 1.70. The number of rotatable bonds is 2. The fourth-order valence-electron chi connectivity index (χ4n) is 2.61. The van der Waals surface area contributed by atoms with Crippen molar-refractivity contribution in [3.05, 3.63) is 41.0 Å². The molecule has 0 bridgehead atoms. The van der Waals surface area contributed by atoms with Gasteiger partial charge in [0, 0.05) is 28.7 Å². The Hall–Kier alpha value is -1.81. The molecule has 4 nitrogen and oxygen atoms in total. The van der Waals surface area contributed by atoms with Crippen molar-refractivity contribution in [3.63, 3.8) is 0 Å². The molecule has 19 heavy (non-hydrogen) atoms. The second-order valence-electron chi connectivity index (χ2n) is 4.54. The molecule has 1 aliphatic heterocycles. The molecular weight excluding hydrogens is 260 g/mol.